The van der Waals surface area contributed by atoms with Crippen LogP contribution in [0.15, 0.2) is 11.4 Å². The van der Waals surface area contributed by atoms with E-state index in [0.717, 1.165) is 11.3 Å². The highest BCUT2D eigenvalue weighted by atomic mass is 35.5. The molecule has 0 aliphatic carbocycles. The predicted molar refractivity (Wildman–Crippen MR) is 39.7 cm³/mol. The number of hydrogen-bond donors (Lipinski definition) is 0. The molecule has 0 radical (unpaired) electrons. The Kier molecular flexibility index (Phi) is 2.57. The van der Waals surface area contributed by atoms with Gasteiger partial charge in [0.05, 0.1) is 4.34 Å². The van der Waals surface area contributed by atoms with Gasteiger partial charge in [0.2, 0.25) is 5.78 Å². The Morgan fingerprint density at radius 2 is 2.27 bits per heavy atom. The van der Waals surface area contributed by atoms with Crippen LogP contribution in [0.25, 0.3) is 0 Å². The predicted octanol–water partition coefficient (Wildman–Crippen LogP) is 2.85. The van der Waals surface area contributed by atoms with Gasteiger partial charge in [0.25, 0.3) is 0 Å². The molecule has 0 saturated carbocycles. The zero-order valence-electron chi connectivity index (χ0n) is 5.18. The standard InChI is InChI=1S/C6H3ClF2OS/c7-4-1-3(2-11-4)5(10)6(8)9/h1-2,6H. The van der Waals surface area contributed by atoms with E-state index in [2.05, 4.69) is 0 Å². The third-order valence-electron chi connectivity index (χ3n) is 1.05. The molecule has 1 aromatic heterocycles. The van der Waals surface area contributed by atoms with E-state index in [1.54, 1.807) is 0 Å². The number of carbonyl (C=O) groups is 1. The molecule has 11 heavy (non-hydrogen) atoms. The SMILES string of the molecule is O=C(c1csc(Cl)c1)C(F)F. The molecule has 0 saturated heterocycles. The summed E-state index contributed by atoms with van der Waals surface area (Å²) in [4.78, 5) is 10.6. The van der Waals surface area contributed by atoms with Gasteiger partial charge in [-0.3, -0.25) is 4.79 Å². The van der Waals surface area contributed by atoms with E-state index in [4.69, 9.17) is 11.6 Å². The van der Waals surface area contributed by atoms with Crippen molar-refractivity contribution in [3.05, 3.63) is 21.3 Å². The van der Waals surface area contributed by atoms with Crippen molar-refractivity contribution in [2.75, 3.05) is 0 Å². The highest BCUT2D eigenvalue weighted by Crippen LogP contribution is 2.21. The molecular weight excluding hydrogens is 194 g/mol. The zero-order chi connectivity index (χ0) is 8.43. The fourth-order valence-electron chi connectivity index (χ4n) is 0.565. The highest BCUT2D eigenvalue weighted by molar-refractivity contribution is 7.14. The molecule has 0 spiro atoms. The van der Waals surface area contributed by atoms with Crippen LogP contribution < -0.4 is 0 Å². The van der Waals surface area contributed by atoms with E-state index in [1.807, 2.05) is 0 Å². The van der Waals surface area contributed by atoms with Crippen molar-refractivity contribution in [1.82, 2.24) is 0 Å². The normalized spacial score (nSPS) is 10.5. The molecule has 0 aliphatic heterocycles. The fraction of sp³-hybridized carbons (Fsp3) is 0.167. The van der Waals surface area contributed by atoms with Crippen LogP contribution in [-0.2, 0) is 0 Å². The fourth-order valence-corrected chi connectivity index (χ4v) is 1.44. The Morgan fingerprint density at radius 1 is 1.64 bits per heavy atom. The summed E-state index contributed by atoms with van der Waals surface area (Å²) in [5.74, 6) is -1.17. The van der Waals surface area contributed by atoms with Crippen molar-refractivity contribution < 1.29 is 13.6 Å². The van der Waals surface area contributed by atoms with Crippen molar-refractivity contribution >= 4 is 28.7 Å². The van der Waals surface area contributed by atoms with E-state index in [-0.39, 0.29) is 5.56 Å². The van der Waals surface area contributed by atoms with E-state index >= 15 is 0 Å². The van der Waals surface area contributed by atoms with E-state index < -0.39 is 12.2 Å². The van der Waals surface area contributed by atoms with Crippen LogP contribution in [0.4, 0.5) is 8.78 Å². The number of hydrogen-bond acceptors (Lipinski definition) is 2. The Hall–Kier alpha value is -0.480. The summed E-state index contributed by atoms with van der Waals surface area (Å²) < 4.78 is 23.8. The third-order valence-corrected chi connectivity index (χ3v) is 2.14. The van der Waals surface area contributed by atoms with Crippen LogP contribution in [0.2, 0.25) is 4.34 Å². The van der Waals surface area contributed by atoms with E-state index in [9.17, 15) is 13.6 Å². The first kappa shape index (κ1) is 8.62. The molecule has 0 unspecified atom stereocenters. The van der Waals surface area contributed by atoms with Crippen molar-refractivity contribution in [2.24, 2.45) is 0 Å². The second kappa shape index (κ2) is 3.28. The van der Waals surface area contributed by atoms with Crippen LogP contribution in [0.5, 0.6) is 0 Å². The van der Waals surface area contributed by atoms with E-state index in [0.29, 0.717) is 4.34 Å². The third kappa shape index (κ3) is 1.97. The minimum absolute atomic E-state index is 0.0185. The van der Waals surface area contributed by atoms with Gasteiger partial charge in [-0.05, 0) is 6.07 Å². The maximum absolute atomic E-state index is 11.7. The van der Waals surface area contributed by atoms with Crippen molar-refractivity contribution in [2.45, 2.75) is 6.43 Å². The molecule has 0 fully saturated rings. The smallest absolute Gasteiger partial charge is 0.288 e. The average Bonchev–Trinajstić information content (AvgIpc) is 2.34. The second-order valence-corrected chi connectivity index (χ2v) is 3.35. The second-order valence-electron chi connectivity index (χ2n) is 1.80. The molecule has 60 valence electrons. The molecule has 1 heterocycles. The van der Waals surface area contributed by atoms with Gasteiger partial charge in [-0.1, -0.05) is 11.6 Å². The molecule has 0 amide bonds. The molecule has 0 atom stereocenters. The number of thiophene rings is 1. The van der Waals surface area contributed by atoms with Crippen molar-refractivity contribution in [1.29, 1.82) is 0 Å². The average molecular weight is 197 g/mol. The van der Waals surface area contributed by atoms with E-state index in [1.165, 1.54) is 11.4 Å². The van der Waals surface area contributed by atoms with Crippen LogP contribution >= 0.6 is 22.9 Å². The van der Waals surface area contributed by atoms with Gasteiger partial charge in [-0.15, -0.1) is 11.3 Å². The number of ketones is 1. The summed E-state index contributed by atoms with van der Waals surface area (Å²) in [6.45, 7) is 0. The first-order valence-electron chi connectivity index (χ1n) is 2.67. The molecular formula is C6H3ClF2OS. The lowest BCUT2D eigenvalue weighted by atomic mass is 10.2. The van der Waals surface area contributed by atoms with Gasteiger partial charge in [0.15, 0.2) is 0 Å². The van der Waals surface area contributed by atoms with Crippen LogP contribution in [0, 0.1) is 0 Å². The molecule has 5 heteroatoms. The summed E-state index contributed by atoms with van der Waals surface area (Å²) in [5.41, 5.74) is -0.0185. The summed E-state index contributed by atoms with van der Waals surface area (Å²) in [6.07, 6.45) is -2.94. The molecule has 1 rings (SSSR count). The van der Waals surface area contributed by atoms with Gasteiger partial charge in [0.1, 0.15) is 0 Å². The molecule has 1 aromatic rings. The quantitative estimate of drug-likeness (QED) is 0.665. The molecule has 0 aromatic carbocycles. The Bertz CT molecular complexity index is 271. The summed E-state index contributed by atoms with van der Waals surface area (Å²) in [6, 6.07) is 1.24. The number of halogens is 3. The van der Waals surface area contributed by atoms with Crippen molar-refractivity contribution in [3.8, 4) is 0 Å². The maximum atomic E-state index is 11.7. The van der Waals surface area contributed by atoms with Gasteiger partial charge < -0.3 is 0 Å². The van der Waals surface area contributed by atoms with Crippen molar-refractivity contribution in [3.63, 3.8) is 0 Å². The summed E-state index contributed by atoms with van der Waals surface area (Å²) >= 11 is 6.49. The number of alkyl halides is 2. The Balaban J connectivity index is 2.85. The maximum Gasteiger partial charge on any atom is 0.300 e. The highest BCUT2D eigenvalue weighted by Gasteiger charge is 2.18. The first-order valence-corrected chi connectivity index (χ1v) is 3.93. The van der Waals surface area contributed by atoms with Crippen LogP contribution in [0.3, 0.4) is 0 Å². The lowest BCUT2D eigenvalue weighted by molar-refractivity contribution is 0.0679. The monoisotopic (exact) mass is 196 g/mol. The summed E-state index contributed by atoms with van der Waals surface area (Å²) in [7, 11) is 0. The van der Waals surface area contributed by atoms with Crippen LogP contribution in [0.1, 0.15) is 10.4 Å². The molecule has 0 aliphatic rings. The van der Waals surface area contributed by atoms with Gasteiger partial charge in [-0.2, -0.15) is 0 Å². The largest absolute Gasteiger partial charge is 0.300 e. The Labute approximate surface area is 70.6 Å². The van der Waals surface area contributed by atoms with Gasteiger partial charge >= 0.3 is 6.43 Å². The van der Waals surface area contributed by atoms with Crippen LogP contribution in [-0.4, -0.2) is 12.2 Å². The Morgan fingerprint density at radius 3 is 2.64 bits per heavy atom. The topological polar surface area (TPSA) is 17.1 Å². The number of Topliss-reactive ketones (excluding diaryl/α,β-unsaturated/α-hetero) is 1. The molecule has 0 bridgehead atoms. The lowest BCUT2D eigenvalue weighted by Gasteiger charge is -1.91. The zero-order valence-corrected chi connectivity index (χ0v) is 6.75. The molecule has 1 nitrogen and oxygen atoms in total. The molecule has 0 N–H and O–H groups in total. The minimum atomic E-state index is -2.94. The van der Waals surface area contributed by atoms with Gasteiger partial charge in [-0.25, -0.2) is 8.78 Å². The first-order chi connectivity index (χ1) is 5.11. The minimum Gasteiger partial charge on any atom is -0.288 e. The lowest BCUT2D eigenvalue weighted by Crippen LogP contribution is -2.08. The van der Waals surface area contributed by atoms with Gasteiger partial charge in [0, 0.05) is 10.9 Å². The number of carbonyl (C=O) groups excluding carboxylic acids is 1. The summed E-state index contributed by atoms with van der Waals surface area (Å²) in [5, 5.41) is 1.32. The number of rotatable bonds is 2.